The third-order valence-electron chi connectivity index (χ3n) is 4.05. The minimum atomic E-state index is -0.195. The van der Waals surface area contributed by atoms with Crippen molar-refractivity contribution in [1.82, 2.24) is 4.90 Å². The van der Waals surface area contributed by atoms with Gasteiger partial charge in [-0.15, -0.1) is 12.4 Å². The van der Waals surface area contributed by atoms with Gasteiger partial charge in [-0.05, 0) is 37.0 Å². The Labute approximate surface area is 148 Å². The number of rotatable bonds is 4. The van der Waals surface area contributed by atoms with E-state index in [0.717, 1.165) is 19.3 Å². The van der Waals surface area contributed by atoms with Gasteiger partial charge in [0.15, 0.2) is 0 Å². The molecule has 1 saturated carbocycles. The van der Waals surface area contributed by atoms with Gasteiger partial charge in [0.1, 0.15) is 0 Å². The molecule has 3 N–H and O–H groups in total. The standard InChI is InChI=1S/C16H22ClN3O2.ClH/c1-20(2)16(22)12-9-11(6-7-13(12)17)19-15(21)8-10-4-3-5-14(10)18;/h6-7,9-10,14H,3-5,8,18H2,1-2H3,(H,19,21);1H/t10-,14+;/m0./s1. The number of nitrogens with one attached hydrogen (secondary N) is 1. The fraction of sp³-hybridized carbons (Fsp3) is 0.500. The number of nitrogens with zero attached hydrogens (tertiary/aromatic N) is 1. The van der Waals surface area contributed by atoms with Crippen LogP contribution < -0.4 is 11.1 Å². The fourth-order valence-corrected chi connectivity index (χ4v) is 2.98. The molecule has 5 nitrogen and oxygen atoms in total. The molecule has 0 saturated heterocycles. The van der Waals surface area contributed by atoms with Gasteiger partial charge in [-0.2, -0.15) is 0 Å². The molecule has 0 spiro atoms. The second kappa shape index (κ2) is 8.52. The van der Waals surface area contributed by atoms with E-state index in [2.05, 4.69) is 5.32 Å². The predicted molar refractivity (Wildman–Crippen MR) is 95.3 cm³/mol. The fourth-order valence-electron chi connectivity index (χ4n) is 2.78. The van der Waals surface area contributed by atoms with Crippen molar-refractivity contribution in [2.45, 2.75) is 31.7 Å². The van der Waals surface area contributed by atoms with Gasteiger partial charge in [0.25, 0.3) is 5.91 Å². The molecule has 1 fully saturated rings. The maximum atomic E-state index is 12.1. The largest absolute Gasteiger partial charge is 0.345 e. The van der Waals surface area contributed by atoms with Gasteiger partial charge < -0.3 is 16.0 Å². The van der Waals surface area contributed by atoms with Crippen LogP contribution in [-0.2, 0) is 4.79 Å². The topological polar surface area (TPSA) is 75.4 Å². The van der Waals surface area contributed by atoms with E-state index in [4.69, 9.17) is 17.3 Å². The Bertz CT molecular complexity index is 578. The lowest BCUT2D eigenvalue weighted by Crippen LogP contribution is -2.28. The number of hydrogen-bond acceptors (Lipinski definition) is 3. The molecule has 1 aromatic carbocycles. The second-order valence-electron chi connectivity index (χ2n) is 6.00. The first-order chi connectivity index (χ1) is 10.4. The monoisotopic (exact) mass is 359 g/mol. The molecule has 0 aromatic heterocycles. The summed E-state index contributed by atoms with van der Waals surface area (Å²) in [7, 11) is 3.32. The molecule has 1 aromatic rings. The summed E-state index contributed by atoms with van der Waals surface area (Å²) in [6.45, 7) is 0. The van der Waals surface area contributed by atoms with E-state index in [0.29, 0.717) is 22.7 Å². The van der Waals surface area contributed by atoms with E-state index < -0.39 is 0 Å². The van der Waals surface area contributed by atoms with Crippen molar-refractivity contribution in [3.8, 4) is 0 Å². The molecule has 23 heavy (non-hydrogen) atoms. The van der Waals surface area contributed by atoms with Crippen molar-refractivity contribution >= 4 is 41.5 Å². The van der Waals surface area contributed by atoms with Crippen molar-refractivity contribution in [3.05, 3.63) is 28.8 Å². The van der Waals surface area contributed by atoms with Gasteiger partial charge in [-0.3, -0.25) is 9.59 Å². The summed E-state index contributed by atoms with van der Waals surface area (Å²) < 4.78 is 0. The van der Waals surface area contributed by atoms with Crippen LogP contribution in [0.25, 0.3) is 0 Å². The molecule has 0 heterocycles. The normalized spacial score (nSPS) is 19.8. The number of anilines is 1. The molecule has 1 aliphatic carbocycles. The number of nitrogens with two attached hydrogens (primary N) is 1. The minimum Gasteiger partial charge on any atom is -0.345 e. The van der Waals surface area contributed by atoms with Crippen molar-refractivity contribution in [1.29, 1.82) is 0 Å². The van der Waals surface area contributed by atoms with Gasteiger partial charge in [-0.25, -0.2) is 0 Å². The third kappa shape index (κ3) is 5.09. The Morgan fingerprint density at radius 3 is 2.61 bits per heavy atom. The van der Waals surface area contributed by atoms with Crippen LogP contribution in [0.15, 0.2) is 18.2 Å². The quantitative estimate of drug-likeness (QED) is 0.867. The van der Waals surface area contributed by atoms with Crippen LogP contribution >= 0.6 is 24.0 Å². The van der Waals surface area contributed by atoms with E-state index in [1.54, 1.807) is 32.3 Å². The molecule has 2 amide bonds. The number of halogens is 2. The highest BCUT2D eigenvalue weighted by Crippen LogP contribution is 2.27. The number of benzene rings is 1. The Morgan fingerprint density at radius 1 is 1.35 bits per heavy atom. The lowest BCUT2D eigenvalue weighted by atomic mass is 10.00. The lowest BCUT2D eigenvalue weighted by Gasteiger charge is -2.16. The zero-order valence-corrected chi connectivity index (χ0v) is 14.9. The average Bonchev–Trinajstić information content (AvgIpc) is 2.85. The molecule has 0 aliphatic heterocycles. The molecule has 2 atom stereocenters. The SMILES string of the molecule is CN(C)C(=O)c1cc(NC(=O)C[C@@H]2CCC[C@H]2N)ccc1Cl.Cl. The van der Waals surface area contributed by atoms with E-state index >= 15 is 0 Å². The highest BCUT2D eigenvalue weighted by atomic mass is 35.5. The van der Waals surface area contributed by atoms with E-state index in [9.17, 15) is 9.59 Å². The van der Waals surface area contributed by atoms with Gasteiger partial charge in [0.05, 0.1) is 10.6 Å². The Hall–Kier alpha value is -1.30. The lowest BCUT2D eigenvalue weighted by molar-refractivity contribution is -0.117. The van der Waals surface area contributed by atoms with E-state index in [1.165, 1.54) is 4.90 Å². The molecular formula is C16H23Cl2N3O2. The molecule has 2 rings (SSSR count). The molecule has 1 aliphatic rings. The highest BCUT2D eigenvalue weighted by Gasteiger charge is 2.26. The molecule has 128 valence electrons. The van der Waals surface area contributed by atoms with Crippen LogP contribution in [0.5, 0.6) is 0 Å². The van der Waals surface area contributed by atoms with Crippen LogP contribution in [0.1, 0.15) is 36.0 Å². The first kappa shape index (κ1) is 19.7. The summed E-state index contributed by atoms with van der Waals surface area (Å²) in [5.41, 5.74) is 6.94. The number of carbonyl (C=O) groups is 2. The smallest absolute Gasteiger partial charge is 0.254 e. The molecule has 0 bridgehead atoms. The summed E-state index contributed by atoms with van der Waals surface area (Å²) in [6, 6.07) is 5.04. The Kier molecular flexibility index (Phi) is 7.32. The second-order valence-corrected chi connectivity index (χ2v) is 6.41. The summed E-state index contributed by atoms with van der Waals surface area (Å²) in [6.07, 6.45) is 3.49. The van der Waals surface area contributed by atoms with E-state index in [-0.39, 0.29) is 36.2 Å². The average molecular weight is 360 g/mol. The first-order valence-corrected chi connectivity index (χ1v) is 7.83. The Balaban J connectivity index is 0.00000264. The van der Waals surface area contributed by atoms with Crippen LogP contribution in [0.3, 0.4) is 0 Å². The zero-order valence-electron chi connectivity index (χ0n) is 13.3. The van der Waals surface area contributed by atoms with Crippen molar-refractivity contribution in [2.24, 2.45) is 11.7 Å². The molecular weight excluding hydrogens is 337 g/mol. The van der Waals surface area contributed by atoms with Crippen LogP contribution in [-0.4, -0.2) is 36.9 Å². The van der Waals surface area contributed by atoms with Crippen LogP contribution in [0.2, 0.25) is 5.02 Å². The molecule has 0 radical (unpaired) electrons. The van der Waals surface area contributed by atoms with Gasteiger partial charge >= 0.3 is 0 Å². The summed E-state index contributed by atoms with van der Waals surface area (Å²) in [5.74, 6) is -0.0259. The molecule has 0 unspecified atom stereocenters. The molecule has 7 heteroatoms. The number of hydrogen-bond donors (Lipinski definition) is 2. The summed E-state index contributed by atoms with van der Waals surface area (Å²) in [4.78, 5) is 25.6. The minimum absolute atomic E-state index is 0. The maximum absolute atomic E-state index is 12.1. The van der Waals surface area contributed by atoms with Gasteiger partial charge in [0, 0.05) is 32.2 Å². The van der Waals surface area contributed by atoms with Gasteiger partial charge in [-0.1, -0.05) is 18.0 Å². The zero-order chi connectivity index (χ0) is 16.3. The first-order valence-electron chi connectivity index (χ1n) is 7.45. The Morgan fingerprint density at radius 2 is 2.04 bits per heavy atom. The highest BCUT2D eigenvalue weighted by molar-refractivity contribution is 6.34. The van der Waals surface area contributed by atoms with Crippen molar-refractivity contribution in [3.63, 3.8) is 0 Å². The number of amides is 2. The predicted octanol–water partition coefficient (Wildman–Crippen LogP) is 2.92. The van der Waals surface area contributed by atoms with Crippen LogP contribution in [0.4, 0.5) is 5.69 Å². The number of carbonyl (C=O) groups excluding carboxylic acids is 2. The van der Waals surface area contributed by atoms with Crippen molar-refractivity contribution in [2.75, 3.05) is 19.4 Å². The van der Waals surface area contributed by atoms with Crippen molar-refractivity contribution < 1.29 is 9.59 Å². The van der Waals surface area contributed by atoms with Gasteiger partial charge in [0.2, 0.25) is 5.91 Å². The summed E-state index contributed by atoms with van der Waals surface area (Å²) in [5, 5.41) is 3.20. The third-order valence-corrected chi connectivity index (χ3v) is 4.38. The maximum Gasteiger partial charge on any atom is 0.254 e. The summed E-state index contributed by atoms with van der Waals surface area (Å²) >= 11 is 6.05. The van der Waals surface area contributed by atoms with Crippen LogP contribution in [0, 0.1) is 5.92 Å². The van der Waals surface area contributed by atoms with E-state index in [1.807, 2.05) is 0 Å².